The lowest BCUT2D eigenvalue weighted by atomic mass is 10.1. The van der Waals surface area contributed by atoms with Crippen molar-refractivity contribution in [2.45, 2.75) is 31.5 Å². The molecule has 22 heavy (non-hydrogen) atoms. The summed E-state index contributed by atoms with van der Waals surface area (Å²) in [5.41, 5.74) is 7.35. The van der Waals surface area contributed by atoms with Crippen molar-refractivity contribution >= 4 is 5.91 Å². The summed E-state index contributed by atoms with van der Waals surface area (Å²) in [5.74, 6) is 1.05. The van der Waals surface area contributed by atoms with Gasteiger partial charge in [0.05, 0.1) is 0 Å². The molecule has 1 aliphatic heterocycles. The van der Waals surface area contributed by atoms with Crippen LogP contribution in [0.4, 0.5) is 0 Å². The highest BCUT2D eigenvalue weighted by atomic mass is 16.6. The van der Waals surface area contributed by atoms with E-state index in [1.54, 1.807) is 12.3 Å². The second-order valence-electron chi connectivity index (χ2n) is 5.70. The molecule has 0 spiro atoms. The monoisotopic (exact) mass is 296 g/mol. The number of carbonyl (C=O) groups excluding carboxylic acids is 1. The molecule has 2 N–H and O–H groups in total. The van der Waals surface area contributed by atoms with Crippen LogP contribution in [0.5, 0.6) is 11.5 Å². The van der Waals surface area contributed by atoms with Crippen molar-refractivity contribution in [3.63, 3.8) is 0 Å². The van der Waals surface area contributed by atoms with Gasteiger partial charge in [-0.05, 0) is 43.0 Å². The fourth-order valence-electron chi connectivity index (χ4n) is 3.08. The first-order chi connectivity index (χ1) is 10.7. The van der Waals surface area contributed by atoms with E-state index in [2.05, 4.69) is 4.98 Å². The summed E-state index contributed by atoms with van der Waals surface area (Å²) in [6.45, 7) is 0. The maximum Gasteiger partial charge on any atom is 0.267 e. The number of ether oxygens (including phenoxy) is 2. The number of amides is 1. The molecule has 5 nitrogen and oxygen atoms in total. The van der Waals surface area contributed by atoms with E-state index < -0.39 is 5.91 Å². The number of carbonyl (C=O) groups is 1. The molecule has 2 aliphatic rings. The summed E-state index contributed by atoms with van der Waals surface area (Å²) in [7, 11) is 0. The van der Waals surface area contributed by atoms with Crippen molar-refractivity contribution in [3.05, 3.63) is 42.2 Å². The van der Waals surface area contributed by atoms with Gasteiger partial charge in [0.2, 0.25) is 0 Å². The lowest BCUT2D eigenvalue weighted by molar-refractivity contribution is 0.0430. The Balaban J connectivity index is 1.65. The molecule has 112 valence electrons. The van der Waals surface area contributed by atoms with E-state index in [0.29, 0.717) is 0 Å². The average molecular weight is 296 g/mol. The molecular weight excluding hydrogens is 280 g/mol. The van der Waals surface area contributed by atoms with Crippen LogP contribution in [-0.2, 0) is 0 Å². The van der Waals surface area contributed by atoms with Crippen LogP contribution in [0.25, 0.3) is 11.1 Å². The van der Waals surface area contributed by atoms with Crippen LogP contribution in [0.3, 0.4) is 0 Å². The molecule has 0 radical (unpaired) electrons. The molecule has 1 aromatic heterocycles. The van der Waals surface area contributed by atoms with Gasteiger partial charge in [-0.25, -0.2) is 0 Å². The smallest absolute Gasteiger partial charge is 0.267 e. The molecule has 0 saturated heterocycles. The Bertz CT molecular complexity index is 727. The first-order valence-electron chi connectivity index (χ1n) is 7.44. The van der Waals surface area contributed by atoms with Crippen molar-refractivity contribution in [1.82, 2.24) is 4.98 Å². The zero-order valence-corrected chi connectivity index (χ0v) is 12.0. The number of rotatable bonds is 2. The molecular formula is C17H16N2O3. The fourth-order valence-corrected chi connectivity index (χ4v) is 3.08. The van der Waals surface area contributed by atoms with Crippen LogP contribution in [0.2, 0.25) is 0 Å². The normalized spacial score (nSPS) is 22.2. The molecule has 4 rings (SSSR count). The Morgan fingerprint density at radius 1 is 1.05 bits per heavy atom. The van der Waals surface area contributed by atoms with Crippen molar-refractivity contribution in [1.29, 1.82) is 0 Å². The molecule has 1 aliphatic carbocycles. The number of primary amides is 1. The number of aromatic nitrogens is 1. The third kappa shape index (κ3) is 2.19. The largest absolute Gasteiger partial charge is 0.483 e. The molecule has 2 unspecified atom stereocenters. The van der Waals surface area contributed by atoms with Gasteiger partial charge in [0, 0.05) is 11.8 Å². The van der Waals surface area contributed by atoms with Crippen molar-refractivity contribution in [3.8, 4) is 22.6 Å². The maximum absolute atomic E-state index is 11.1. The van der Waals surface area contributed by atoms with E-state index >= 15 is 0 Å². The summed E-state index contributed by atoms with van der Waals surface area (Å²) in [6.07, 6.45) is 5.25. The molecule has 1 aromatic carbocycles. The Morgan fingerprint density at radius 3 is 2.45 bits per heavy atom. The zero-order chi connectivity index (χ0) is 15.1. The van der Waals surface area contributed by atoms with Gasteiger partial charge in [-0.1, -0.05) is 12.1 Å². The third-order valence-corrected chi connectivity index (χ3v) is 4.24. The number of fused-ring (bicyclic) bond motifs is 2. The van der Waals surface area contributed by atoms with Gasteiger partial charge in [0.25, 0.3) is 5.91 Å². The van der Waals surface area contributed by atoms with Crippen LogP contribution >= 0.6 is 0 Å². The van der Waals surface area contributed by atoms with Crippen LogP contribution in [0.15, 0.2) is 36.5 Å². The molecule has 2 heterocycles. The topological polar surface area (TPSA) is 74.4 Å². The Morgan fingerprint density at radius 2 is 1.77 bits per heavy atom. The van der Waals surface area contributed by atoms with E-state index in [1.807, 2.05) is 24.3 Å². The predicted octanol–water partition coefficient (Wildman–Crippen LogP) is 2.54. The van der Waals surface area contributed by atoms with Gasteiger partial charge in [0.15, 0.2) is 11.5 Å². The fraction of sp³-hybridized carbons (Fsp3) is 0.294. The molecule has 2 atom stereocenters. The molecule has 0 bridgehead atoms. The highest BCUT2D eigenvalue weighted by Gasteiger charge is 2.35. The number of hydrogen-bond donors (Lipinski definition) is 1. The first-order valence-corrected chi connectivity index (χ1v) is 7.44. The molecule has 5 heteroatoms. The number of hydrogen-bond acceptors (Lipinski definition) is 4. The third-order valence-electron chi connectivity index (χ3n) is 4.24. The highest BCUT2D eigenvalue weighted by molar-refractivity contribution is 5.91. The molecule has 1 fully saturated rings. The van der Waals surface area contributed by atoms with Gasteiger partial charge < -0.3 is 15.2 Å². The van der Waals surface area contributed by atoms with E-state index in [1.165, 1.54) is 0 Å². The highest BCUT2D eigenvalue weighted by Crippen LogP contribution is 2.41. The summed E-state index contributed by atoms with van der Waals surface area (Å²) in [6, 6.07) is 9.32. The molecule has 1 amide bonds. The summed E-state index contributed by atoms with van der Waals surface area (Å²) >= 11 is 0. The minimum Gasteiger partial charge on any atom is -0.483 e. The zero-order valence-electron chi connectivity index (χ0n) is 12.0. The quantitative estimate of drug-likeness (QED) is 0.924. The maximum atomic E-state index is 11.1. The van der Waals surface area contributed by atoms with Crippen LogP contribution < -0.4 is 15.2 Å². The number of nitrogens with zero attached hydrogens (tertiary/aromatic N) is 1. The number of benzene rings is 1. The molecule has 1 saturated carbocycles. The second-order valence-corrected chi connectivity index (χ2v) is 5.70. The number of nitrogens with two attached hydrogens (primary N) is 1. The van der Waals surface area contributed by atoms with Crippen LogP contribution in [-0.4, -0.2) is 23.1 Å². The van der Waals surface area contributed by atoms with Crippen LogP contribution in [0.1, 0.15) is 29.8 Å². The minimum absolute atomic E-state index is 0.165. The standard InChI is InChI=1S/C17H16N2O3/c18-17(20)12-6-4-11(9-19-12)10-5-7-15-16(8-10)22-14-3-1-2-13(14)21-15/h4-9,13-14H,1-3H2,(H2,18,20). The van der Waals surface area contributed by atoms with E-state index in [4.69, 9.17) is 15.2 Å². The number of pyridine rings is 1. The average Bonchev–Trinajstić information content (AvgIpc) is 2.99. The predicted molar refractivity (Wildman–Crippen MR) is 80.9 cm³/mol. The lowest BCUT2D eigenvalue weighted by Gasteiger charge is -2.29. The van der Waals surface area contributed by atoms with E-state index in [9.17, 15) is 4.79 Å². The van der Waals surface area contributed by atoms with Gasteiger partial charge in [-0.3, -0.25) is 9.78 Å². The lowest BCUT2D eigenvalue weighted by Crippen LogP contribution is -2.34. The summed E-state index contributed by atoms with van der Waals surface area (Å²) in [5, 5.41) is 0. The van der Waals surface area contributed by atoms with Gasteiger partial charge >= 0.3 is 0 Å². The van der Waals surface area contributed by atoms with Gasteiger partial charge in [-0.15, -0.1) is 0 Å². The second kappa shape index (κ2) is 5.02. The minimum atomic E-state index is -0.527. The summed E-state index contributed by atoms with van der Waals surface area (Å²) < 4.78 is 12.1. The van der Waals surface area contributed by atoms with Gasteiger partial charge in [-0.2, -0.15) is 0 Å². The SMILES string of the molecule is NC(=O)c1ccc(-c2ccc3c(c2)OC2CCCC2O3)cn1. The Hall–Kier alpha value is -2.56. The van der Waals surface area contributed by atoms with Crippen molar-refractivity contribution in [2.24, 2.45) is 5.73 Å². The van der Waals surface area contributed by atoms with Crippen LogP contribution in [0, 0.1) is 0 Å². The molecule has 2 aromatic rings. The van der Waals surface area contributed by atoms with Gasteiger partial charge in [0.1, 0.15) is 17.9 Å². The Kier molecular flexibility index (Phi) is 2.99. The first kappa shape index (κ1) is 13.1. The van der Waals surface area contributed by atoms with Crippen molar-refractivity contribution in [2.75, 3.05) is 0 Å². The van der Waals surface area contributed by atoms with E-state index in [0.717, 1.165) is 41.9 Å². The van der Waals surface area contributed by atoms with E-state index in [-0.39, 0.29) is 17.9 Å². The summed E-state index contributed by atoms with van der Waals surface area (Å²) in [4.78, 5) is 15.1. The van der Waals surface area contributed by atoms with Crippen molar-refractivity contribution < 1.29 is 14.3 Å². The Labute approximate surface area is 128 Å².